The van der Waals surface area contributed by atoms with E-state index in [9.17, 15) is 4.79 Å². The Hall–Kier alpha value is -1.62. The SMILES string of the molecule is O=C(N[C@H]1CCSC1)c1cccc2nccnc12. The first-order valence-electron chi connectivity index (χ1n) is 5.93. The molecule has 0 bridgehead atoms. The van der Waals surface area contributed by atoms with Gasteiger partial charge in [0.2, 0.25) is 0 Å². The Kier molecular flexibility index (Phi) is 3.15. The summed E-state index contributed by atoms with van der Waals surface area (Å²) < 4.78 is 0. The third kappa shape index (κ3) is 2.18. The van der Waals surface area contributed by atoms with Gasteiger partial charge < -0.3 is 5.32 Å². The van der Waals surface area contributed by atoms with Gasteiger partial charge in [-0.25, -0.2) is 0 Å². The molecule has 0 spiro atoms. The van der Waals surface area contributed by atoms with Crippen LogP contribution in [0.2, 0.25) is 0 Å². The monoisotopic (exact) mass is 259 g/mol. The lowest BCUT2D eigenvalue weighted by atomic mass is 10.1. The van der Waals surface area contributed by atoms with E-state index in [0.717, 1.165) is 23.4 Å². The fourth-order valence-corrected chi connectivity index (χ4v) is 3.24. The summed E-state index contributed by atoms with van der Waals surface area (Å²) in [6.07, 6.45) is 4.30. The summed E-state index contributed by atoms with van der Waals surface area (Å²) in [4.78, 5) is 20.7. The van der Waals surface area contributed by atoms with Gasteiger partial charge in [-0.15, -0.1) is 0 Å². The second-order valence-corrected chi connectivity index (χ2v) is 5.41. The average molecular weight is 259 g/mol. The zero-order valence-electron chi connectivity index (χ0n) is 9.80. The van der Waals surface area contributed by atoms with Crippen molar-refractivity contribution >= 4 is 28.7 Å². The van der Waals surface area contributed by atoms with Crippen LogP contribution in [0.15, 0.2) is 30.6 Å². The molecule has 2 aromatic rings. The molecular weight excluding hydrogens is 246 g/mol. The van der Waals surface area contributed by atoms with Crippen molar-refractivity contribution in [1.82, 2.24) is 15.3 Å². The van der Waals surface area contributed by atoms with Crippen LogP contribution in [0, 0.1) is 0 Å². The van der Waals surface area contributed by atoms with E-state index < -0.39 is 0 Å². The van der Waals surface area contributed by atoms with E-state index >= 15 is 0 Å². The Morgan fingerprint density at radius 2 is 2.22 bits per heavy atom. The Balaban J connectivity index is 1.91. The summed E-state index contributed by atoms with van der Waals surface area (Å²) in [7, 11) is 0. The molecular formula is C13H13N3OS. The van der Waals surface area contributed by atoms with Crippen LogP contribution in [-0.2, 0) is 0 Å². The zero-order valence-corrected chi connectivity index (χ0v) is 10.6. The van der Waals surface area contributed by atoms with Crippen molar-refractivity contribution < 1.29 is 4.79 Å². The molecule has 1 aromatic heterocycles. The number of fused-ring (bicyclic) bond motifs is 1. The molecule has 1 amide bonds. The zero-order chi connectivity index (χ0) is 12.4. The van der Waals surface area contributed by atoms with Gasteiger partial charge in [-0.3, -0.25) is 14.8 Å². The highest BCUT2D eigenvalue weighted by molar-refractivity contribution is 7.99. The van der Waals surface area contributed by atoms with Crippen LogP contribution in [0.3, 0.4) is 0 Å². The van der Waals surface area contributed by atoms with Crippen molar-refractivity contribution in [3.8, 4) is 0 Å². The molecule has 3 rings (SSSR count). The van der Waals surface area contributed by atoms with E-state index in [1.807, 2.05) is 23.9 Å². The van der Waals surface area contributed by atoms with Crippen LogP contribution < -0.4 is 5.32 Å². The number of para-hydroxylation sites is 1. The summed E-state index contributed by atoms with van der Waals surface area (Å²) >= 11 is 1.88. The van der Waals surface area contributed by atoms with Gasteiger partial charge >= 0.3 is 0 Å². The van der Waals surface area contributed by atoms with Crippen LogP contribution in [-0.4, -0.2) is 33.4 Å². The van der Waals surface area contributed by atoms with Crippen molar-refractivity contribution in [3.63, 3.8) is 0 Å². The lowest BCUT2D eigenvalue weighted by Gasteiger charge is -2.11. The standard InChI is InChI=1S/C13H13N3OS/c17-13(16-9-4-7-18-8-9)10-2-1-3-11-12(10)15-6-5-14-11/h1-3,5-6,9H,4,7-8H2,(H,16,17)/t9-/m0/s1. The molecule has 18 heavy (non-hydrogen) atoms. The van der Waals surface area contributed by atoms with Crippen molar-refractivity contribution in [1.29, 1.82) is 0 Å². The van der Waals surface area contributed by atoms with Crippen molar-refractivity contribution in [2.45, 2.75) is 12.5 Å². The van der Waals surface area contributed by atoms with E-state index in [0.29, 0.717) is 11.1 Å². The predicted molar refractivity (Wildman–Crippen MR) is 72.7 cm³/mol. The molecule has 1 N–H and O–H groups in total. The van der Waals surface area contributed by atoms with E-state index in [2.05, 4.69) is 15.3 Å². The smallest absolute Gasteiger partial charge is 0.253 e. The molecule has 0 saturated carbocycles. The molecule has 1 aliphatic rings. The predicted octanol–water partition coefficient (Wildman–Crippen LogP) is 1.87. The number of aromatic nitrogens is 2. The molecule has 5 heteroatoms. The number of hydrogen-bond acceptors (Lipinski definition) is 4. The van der Waals surface area contributed by atoms with Crippen LogP contribution in [0.25, 0.3) is 11.0 Å². The Labute approximate surface area is 109 Å². The summed E-state index contributed by atoms with van der Waals surface area (Å²) in [5.41, 5.74) is 2.03. The fourth-order valence-electron chi connectivity index (χ4n) is 2.09. The minimum atomic E-state index is -0.0476. The highest BCUT2D eigenvalue weighted by Crippen LogP contribution is 2.19. The number of nitrogens with zero attached hydrogens (tertiary/aromatic N) is 2. The quantitative estimate of drug-likeness (QED) is 0.894. The number of amides is 1. The maximum absolute atomic E-state index is 12.2. The van der Waals surface area contributed by atoms with Gasteiger partial charge in [-0.2, -0.15) is 11.8 Å². The van der Waals surface area contributed by atoms with Gasteiger partial charge in [-0.05, 0) is 24.3 Å². The van der Waals surface area contributed by atoms with Crippen molar-refractivity contribution in [3.05, 3.63) is 36.2 Å². The number of hydrogen-bond donors (Lipinski definition) is 1. The Morgan fingerprint density at radius 3 is 3.06 bits per heavy atom. The second-order valence-electron chi connectivity index (χ2n) is 4.26. The molecule has 92 valence electrons. The lowest BCUT2D eigenvalue weighted by Crippen LogP contribution is -2.34. The number of nitrogens with one attached hydrogen (secondary N) is 1. The highest BCUT2D eigenvalue weighted by Gasteiger charge is 2.19. The average Bonchev–Trinajstić information content (AvgIpc) is 2.91. The largest absolute Gasteiger partial charge is 0.348 e. The van der Waals surface area contributed by atoms with Crippen LogP contribution >= 0.6 is 11.8 Å². The number of carbonyl (C=O) groups excluding carboxylic acids is 1. The van der Waals surface area contributed by atoms with Gasteiger partial charge in [0.05, 0.1) is 11.1 Å². The van der Waals surface area contributed by atoms with Gasteiger partial charge in [0.25, 0.3) is 5.91 Å². The lowest BCUT2D eigenvalue weighted by molar-refractivity contribution is 0.0942. The van der Waals surface area contributed by atoms with Crippen molar-refractivity contribution in [2.24, 2.45) is 0 Å². The normalized spacial score (nSPS) is 19.0. The van der Waals surface area contributed by atoms with Crippen LogP contribution in [0.4, 0.5) is 0 Å². The number of rotatable bonds is 2. The summed E-state index contributed by atoms with van der Waals surface area (Å²) in [5.74, 6) is 2.08. The minimum absolute atomic E-state index is 0.0476. The third-order valence-electron chi connectivity index (χ3n) is 3.01. The molecule has 0 aliphatic carbocycles. The summed E-state index contributed by atoms with van der Waals surface area (Å²) in [5, 5.41) is 3.06. The molecule has 1 fully saturated rings. The molecule has 2 heterocycles. The maximum Gasteiger partial charge on any atom is 0.253 e. The van der Waals surface area contributed by atoms with E-state index in [1.54, 1.807) is 18.5 Å². The van der Waals surface area contributed by atoms with Crippen molar-refractivity contribution in [2.75, 3.05) is 11.5 Å². The van der Waals surface area contributed by atoms with Gasteiger partial charge in [-0.1, -0.05) is 6.07 Å². The molecule has 1 aliphatic heterocycles. The molecule has 1 saturated heterocycles. The third-order valence-corrected chi connectivity index (χ3v) is 4.17. The molecule has 1 aromatic carbocycles. The van der Waals surface area contributed by atoms with E-state index in [1.165, 1.54) is 0 Å². The number of thioether (sulfide) groups is 1. The molecule has 0 unspecified atom stereocenters. The highest BCUT2D eigenvalue weighted by atomic mass is 32.2. The molecule has 0 radical (unpaired) electrons. The van der Waals surface area contributed by atoms with E-state index in [-0.39, 0.29) is 11.9 Å². The van der Waals surface area contributed by atoms with Crippen LogP contribution in [0.5, 0.6) is 0 Å². The summed E-state index contributed by atoms with van der Waals surface area (Å²) in [6, 6.07) is 5.79. The van der Waals surface area contributed by atoms with Gasteiger partial charge in [0, 0.05) is 24.2 Å². The van der Waals surface area contributed by atoms with Gasteiger partial charge in [0.1, 0.15) is 5.52 Å². The Bertz CT molecular complexity index is 576. The van der Waals surface area contributed by atoms with Gasteiger partial charge in [0.15, 0.2) is 0 Å². The molecule has 4 nitrogen and oxygen atoms in total. The Morgan fingerprint density at radius 1 is 1.33 bits per heavy atom. The first-order chi connectivity index (χ1) is 8.84. The number of carbonyl (C=O) groups is 1. The summed E-state index contributed by atoms with van der Waals surface area (Å²) in [6.45, 7) is 0. The fraction of sp³-hybridized carbons (Fsp3) is 0.308. The topological polar surface area (TPSA) is 54.9 Å². The first kappa shape index (κ1) is 11.5. The minimum Gasteiger partial charge on any atom is -0.348 e. The second kappa shape index (κ2) is 4.94. The maximum atomic E-state index is 12.2. The molecule has 1 atom stereocenters. The number of benzene rings is 1. The van der Waals surface area contributed by atoms with E-state index in [4.69, 9.17) is 0 Å². The van der Waals surface area contributed by atoms with Crippen LogP contribution in [0.1, 0.15) is 16.8 Å². The first-order valence-corrected chi connectivity index (χ1v) is 7.08.